The van der Waals surface area contributed by atoms with E-state index in [2.05, 4.69) is 187 Å². The summed E-state index contributed by atoms with van der Waals surface area (Å²) in [6.45, 7) is 4.05. The Kier molecular flexibility index (Phi) is 6.58. The molecule has 0 fully saturated rings. The van der Waals surface area contributed by atoms with E-state index in [-0.39, 0.29) is 29.7 Å². The minimum Gasteiger partial charge on any atom is -0.309 e. The summed E-state index contributed by atoms with van der Waals surface area (Å²) in [5.74, 6) is 0. The zero-order valence-electron chi connectivity index (χ0n) is 41.0. The first-order valence-electron chi connectivity index (χ1n) is 25.3. The first-order valence-corrected chi connectivity index (χ1v) is 23.6. The lowest BCUT2D eigenvalue weighted by atomic mass is 9.70. The van der Waals surface area contributed by atoms with Crippen molar-refractivity contribution in [3.8, 4) is 50.2 Å². The van der Waals surface area contributed by atoms with E-state index < -0.39 is 11.5 Å². The van der Waals surface area contributed by atoms with Crippen LogP contribution in [-0.4, -0.2) is 4.57 Å². The van der Waals surface area contributed by atoms with E-state index in [1.54, 1.807) is 11.3 Å². The number of aromatic nitrogens is 1. The molecule has 1 nitrogen and oxygen atoms in total. The van der Waals surface area contributed by atoms with Crippen LogP contribution in [0.1, 0.15) is 34.7 Å². The van der Waals surface area contributed by atoms with Crippen molar-refractivity contribution in [1.29, 1.82) is 0 Å². The third-order valence-corrected chi connectivity index (χ3v) is 16.0. The van der Waals surface area contributed by atoms with Crippen molar-refractivity contribution in [3.05, 3.63) is 253 Å². The standard InChI is InChI=1S/C65H39NS/c1-2-39-24-30-45(31-25-39)66-58-35-29-42-17-7-9-19-47(42)61(58)53-38-51(64-62(63(53)66)50-32-26-43(37-59(50)67-64)40-14-4-3-5-15-40)44-28-33-56-52(36-44)60-46-18-8-6-16-41(46)27-34-57(60)65(56)54-22-12-10-20-48(54)49-21-11-13-23-55(49)65/h2-38H,1H2/i3D,4D,5D,14D,15D. The number of hydrogen-bond donors (Lipinski definition) is 0. The molecule has 2 aromatic heterocycles. The SMILES string of the molecule is [2H]c1c([2H])c([2H])c(-c2ccc3c(c2)sc2c(-c4ccc5c(c4)-c4c(ccc6ccccc46)C54c5ccccc5-c5ccccc54)cc4c5c6ccccc6ccc5n(-c5ccc(C=C)cc5)c4c23)c([2H])c1[2H]. The quantitative estimate of drug-likeness (QED) is 0.166. The van der Waals surface area contributed by atoms with E-state index in [4.69, 9.17) is 6.85 Å². The summed E-state index contributed by atoms with van der Waals surface area (Å²) in [5, 5.41) is 9.20. The van der Waals surface area contributed by atoms with Gasteiger partial charge < -0.3 is 4.57 Å². The van der Waals surface area contributed by atoms with Crippen LogP contribution in [0.5, 0.6) is 0 Å². The van der Waals surface area contributed by atoms with Crippen LogP contribution in [0.15, 0.2) is 225 Å². The van der Waals surface area contributed by atoms with Gasteiger partial charge in [0.15, 0.2) is 0 Å². The molecule has 2 heteroatoms. The summed E-state index contributed by atoms with van der Waals surface area (Å²) in [5.41, 5.74) is 16.9. The van der Waals surface area contributed by atoms with Crippen LogP contribution in [0.3, 0.4) is 0 Å². The highest BCUT2D eigenvalue weighted by atomic mass is 32.1. The summed E-state index contributed by atoms with van der Waals surface area (Å²) >= 11 is 1.70. The molecule has 2 aliphatic carbocycles. The van der Waals surface area contributed by atoms with E-state index in [1.807, 2.05) is 18.2 Å². The molecule has 15 rings (SSSR count). The fourth-order valence-corrected chi connectivity index (χ4v) is 13.4. The molecule has 0 bridgehead atoms. The first kappa shape index (κ1) is 32.4. The molecule has 0 N–H and O–H groups in total. The summed E-state index contributed by atoms with van der Waals surface area (Å²) in [4.78, 5) is 0. The minimum absolute atomic E-state index is 0.196. The highest BCUT2D eigenvalue weighted by molar-refractivity contribution is 7.26. The maximum Gasteiger partial charge on any atom is 0.0725 e. The van der Waals surface area contributed by atoms with Gasteiger partial charge in [-0.3, -0.25) is 0 Å². The van der Waals surface area contributed by atoms with Gasteiger partial charge in [-0.15, -0.1) is 11.3 Å². The largest absolute Gasteiger partial charge is 0.309 e. The van der Waals surface area contributed by atoms with Crippen LogP contribution in [0, 0.1) is 0 Å². The molecule has 0 saturated carbocycles. The van der Waals surface area contributed by atoms with E-state index in [1.165, 1.54) is 66.1 Å². The summed E-state index contributed by atoms with van der Waals surface area (Å²) < 4.78 is 47.8. The lowest BCUT2D eigenvalue weighted by molar-refractivity contribution is 0.794. The first-order chi connectivity index (χ1) is 35.3. The molecule has 67 heavy (non-hydrogen) atoms. The molecule has 0 saturated heterocycles. The third-order valence-electron chi connectivity index (χ3n) is 14.8. The predicted octanol–water partition coefficient (Wildman–Crippen LogP) is 17.8. The van der Waals surface area contributed by atoms with Crippen LogP contribution in [0.25, 0.3) is 120 Å². The molecule has 310 valence electrons. The Morgan fingerprint density at radius 2 is 1.13 bits per heavy atom. The van der Waals surface area contributed by atoms with Gasteiger partial charge in [-0.1, -0.05) is 195 Å². The molecule has 2 heterocycles. The Balaban J connectivity index is 1.09. The minimum atomic E-state index is -0.509. The number of thiophene rings is 1. The van der Waals surface area contributed by atoms with Crippen molar-refractivity contribution >= 4 is 80.9 Å². The van der Waals surface area contributed by atoms with Gasteiger partial charge in [0.05, 0.1) is 23.3 Å². The van der Waals surface area contributed by atoms with Crippen LogP contribution >= 0.6 is 11.3 Å². The normalized spacial score (nSPS) is 14.3. The number of fused-ring (bicyclic) bond motifs is 21. The molecule has 0 aliphatic heterocycles. The van der Waals surface area contributed by atoms with Crippen molar-refractivity contribution in [3.63, 3.8) is 0 Å². The molecular formula is C65H39NS. The molecule has 0 amide bonds. The van der Waals surface area contributed by atoms with Crippen LogP contribution in [-0.2, 0) is 5.41 Å². The Morgan fingerprint density at radius 3 is 1.91 bits per heavy atom. The van der Waals surface area contributed by atoms with Crippen molar-refractivity contribution in [2.24, 2.45) is 0 Å². The van der Waals surface area contributed by atoms with E-state index in [0.717, 1.165) is 64.4 Å². The Hall–Kier alpha value is -8.30. The molecule has 11 aromatic carbocycles. The number of rotatable bonds is 4. The van der Waals surface area contributed by atoms with Gasteiger partial charge in [-0.25, -0.2) is 0 Å². The van der Waals surface area contributed by atoms with Crippen molar-refractivity contribution < 1.29 is 6.85 Å². The van der Waals surface area contributed by atoms with Gasteiger partial charge in [0.2, 0.25) is 0 Å². The van der Waals surface area contributed by atoms with Gasteiger partial charge >= 0.3 is 0 Å². The number of benzene rings is 11. The molecule has 2 aliphatic rings. The Labute approximate surface area is 398 Å². The molecule has 0 radical (unpaired) electrons. The van der Waals surface area contributed by atoms with Crippen molar-refractivity contribution in [2.45, 2.75) is 5.41 Å². The lowest BCUT2D eigenvalue weighted by Crippen LogP contribution is -2.25. The smallest absolute Gasteiger partial charge is 0.0725 e. The second-order valence-electron chi connectivity index (χ2n) is 18.0. The summed E-state index contributed by atoms with van der Waals surface area (Å²) in [6, 6.07) is 67.2. The zero-order valence-corrected chi connectivity index (χ0v) is 36.9. The third kappa shape index (κ3) is 4.87. The maximum atomic E-state index is 8.95. The number of hydrogen-bond acceptors (Lipinski definition) is 1. The Bertz CT molecular complexity index is 4520. The lowest BCUT2D eigenvalue weighted by Gasteiger charge is -2.30. The molecule has 0 atom stereocenters. The fourth-order valence-electron chi connectivity index (χ4n) is 12.1. The summed E-state index contributed by atoms with van der Waals surface area (Å²) in [7, 11) is 0. The topological polar surface area (TPSA) is 4.93 Å². The van der Waals surface area contributed by atoms with Crippen molar-refractivity contribution in [1.82, 2.24) is 4.57 Å². The zero-order chi connectivity index (χ0) is 48.3. The van der Waals surface area contributed by atoms with Gasteiger partial charge in [-0.05, 0) is 125 Å². The van der Waals surface area contributed by atoms with Crippen LogP contribution < -0.4 is 0 Å². The van der Waals surface area contributed by atoms with Crippen molar-refractivity contribution in [2.75, 3.05) is 0 Å². The fraction of sp³-hybridized carbons (Fsp3) is 0.0154. The van der Waals surface area contributed by atoms with Crippen LogP contribution in [0.4, 0.5) is 0 Å². The summed E-state index contributed by atoms with van der Waals surface area (Å²) in [6.07, 6.45) is 1.87. The molecular weight excluding hydrogens is 827 g/mol. The van der Waals surface area contributed by atoms with E-state index >= 15 is 0 Å². The molecule has 1 spiro atoms. The van der Waals surface area contributed by atoms with E-state index in [9.17, 15) is 0 Å². The maximum absolute atomic E-state index is 8.95. The molecule has 0 unspecified atom stereocenters. The predicted molar refractivity (Wildman–Crippen MR) is 286 cm³/mol. The highest BCUT2D eigenvalue weighted by Crippen LogP contribution is 2.64. The second-order valence-corrected chi connectivity index (χ2v) is 19.0. The van der Waals surface area contributed by atoms with Gasteiger partial charge in [0.25, 0.3) is 0 Å². The average molecular weight is 871 g/mol. The number of nitrogens with zero attached hydrogens (tertiary/aromatic N) is 1. The molecule has 13 aromatic rings. The van der Waals surface area contributed by atoms with Gasteiger partial charge in [0, 0.05) is 42.2 Å². The highest BCUT2D eigenvalue weighted by Gasteiger charge is 2.52. The van der Waals surface area contributed by atoms with Gasteiger partial charge in [0.1, 0.15) is 0 Å². The second kappa shape index (κ2) is 13.6. The monoisotopic (exact) mass is 870 g/mol. The average Bonchev–Trinajstić information content (AvgIpc) is 4.16. The van der Waals surface area contributed by atoms with Gasteiger partial charge in [-0.2, -0.15) is 0 Å². The van der Waals surface area contributed by atoms with E-state index in [0.29, 0.717) is 5.56 Å². The Morgan fingerprint density at radius 1 is 0.478 bits per heavy atom. The van der Waals surface area contributed by atoms with Crippen LogP contribution in [0.2, 0.25) is 0 Å².